The van der Waals surface area contributed by atoms with E-state index in [9.17, 15) is 0 Å². The third-order valence-electron chi connectivity index (χ3n) is 2.29. The van der Waals surface area contributed by atoms with E-state index in [0.717, 1.165) is 17.9 Å². The van der Waals surface area contributed by atoms with Crippen molar-refractivity contribution in [3.05, 3.63) is 34.9 Å². The summed E-state index contributed by atoms with van der Waals surface area (Å²) in [7, 11) is 0. The lowest BCUT2D eigenvalue weighted by atomic mass is 10.2. The molecule has 0 unspecified atom stereocenters. The van der Waals surface area contributed by atoms with Crippen LogP contribution in [0.3, 0.4) is 0 Å². The van der Waals surface area contributed by atoms with Crippen LogP contribution in [0.15, 0.2) is 29.3 Å². The Morgan fingerprint density at radius 2 is 2.38 bits per heavy atom. The minimum atomic E-state index is 0.469. The summed E-state index contributed by atoms with van der Waals surface area (Å²) in [6, 6.07) is 7.51. The number of aliphatic imine (C=N–C) groups is 1. The summed E-state index contributed by atoms with van der Waals surface area (Å²) in [4.78, 5) is 6.26. The SMILES string of the molecule is NNC(=S)N1CCN=C1c1cccc(Cl)c1. The molecule has 2 rings (SSSR count). The number of nitrogens with zero attached hydrogens (tertiary/aromatic N) is 2. The van der Waals surface area contributed by atoms with Gasteiger partial charge in [0, 0.05) is 17.1 Å². The zero-order valence-electron chi connectivity index (χ0n) is 8.48. The summed E-state index contributed by atoms with van der Waals surface area (Å²) in [5.74, 6) is 6.12. The van der Waals surface area contributed by atoms with Gasteiger partial charge in [0.1, 0.15) is 5.84 Å². The normalized spacial score (nSPS) is 14.9. The van der Waals surface area contributed by atoms with E-state index >= 15 is 0 Å². The van der Waals surface area contributed by atoms with Gasteiger partial charge in [0.05, 0.1) is 6.54 Å². The average Bonchev–Trinajstić information content (AvgIpc) is 2.77. The number of nitrogens with two attached hydrogens (primary N) is 1. The predicted octanol–water partition coefficient (Wildman–Crippen LogP) is 1.15. The van der Waals surface area contributed by atoms with Crippen LogP contribution >= 0.6 is 23.8 Å². The van der Waals surface area contributed by atoms with E-state index in [1.807, 2.05) is 29.2 Å². The van der Waals surface area contributed by atoms with Crippen molar-refractivity contribution < 1.29 is 0 Å². The molecular weight excluding hydrogens is 244 g/mol. The van der Waals surface area contributed by atoms with Crippen LogP contribution in [0.5, 0.6) is 0 Å². The molecule has 1 aromatic rings. The molecule has 0 aliphatic carbocycles. The van der Waals surface area contributed by atoms with Gasteiger partial charge in [0.2, 0.25) is 0 Å². The van der Waals surface area contributed by atoms with Gasteiger partial charge in [-0.2, -0.15) is 0 Å². The molecule has 0 atom stereocenters. The van der Waals surface area contributed by atoms with E-state index in [2.05, 4.69) is 10.4 Å². The molecule has 84 valence electrons. The largest absolute Gasteiger partial charge is 0.300 e. The predicted molar refractivity (Wildman–Crippen MR) is 69.5 cm³/mol. The Kier molecular flexibility index (Phi) is 3.38. The van der Waals surface area contributed by atoms with Gasteiger partial charge in [0.25, 0.3) is 0 Å². The van der Waals surface area contributed by atoms with Crippen molar-refractivity contribution in [3.63, 3.8) is 0 Å². The maximum absolute atomic E-state index is 5.94. The molecule has 6 heteroatoms. The Morgan fingerprint density at radius 1 is 1.56 bits per heavy atom. The number of rotatable bonds is 1. The van der Waals surface area contributed by atoms with Gasteiger partial charge in [-0.25, -0.2) is 5.84 Å². The number of hydrogen-bond acceptors (Lipinski definition) is 3. The number of benzene rings is 1. The minimum absolute atomic E-state index is 0.469. The molecule has 0 bridgehead atoms. The molecule has 1 aliphatic heterocycles. The average molecular weight is 255 g/mol. The zero-order valence-corrected chi connectivity index (χ0v) is 10.1. The molecule has 3 N–H and O–H groups in total. The number of amidine groups is 1. The fourth-order valence-electron chi connectivity index (χ4n) is 1.60. The molecule has 1 aromatic carbocycles. The highest BCUT2D eigenvalue weighted by Crippen LogP contribution is 2.16. The lowest BCUT2D eigenvalue weighted by molar-refractivity contribution is 0.647. The maximum atomic E-state index is 5.94. The number of hydrazine groups is 1. The van der Waals surface area contributed by atoms with Crippen LogP contribution in [0, 0.1) is 0 Å². The molecular formula is C10H11ClN4S. The number of thiocarbonyl (C=S) groups is 1. The van der Waals surface area contributed by atoms with Crippen LogP contribution in [-0.2, 0) is 0 Å². The molecule has 0 saturated heterocycles. The first-order chi connectivity index (χ1) is 7.72. The van der Waals surface area contributed by atoms with Crippen LogP contribution in [0.25, 0.3) is 0 Å². The van der Waals surface area contributed by atoms with Crippen LogP contribution in [0.2, 0.25) is 5.02 Å². The van der Waals surface area contributed by atoms with Crippen LogP contribution < -0.4 is 11.3 Å². The van der Waals surface area contributed by atoms with E-state index in [-0.39, 0.29) is 0 Å². The van der Waals surface area contributed by atoms with Gasteiger partial charge in [0.15, 0.2) is 5.11 Å². The summed E-state index contributed by atoms with van der Waals surface area (Å²) in [6.07, 6.45) is 0. The van der Waals surface area contributed by atoms with Crippen molar-refractivity contribution in [2.24, 2.45) is 10.8 Å². The highest BCUT2D eigenvalue weighted by molar-refractivity contribution is 7.80. The Morgan fingerprint density at radius 3 is 3.06 bits per heavy atom. The van der Waals surface area contributed by atoms with Crippen molar-refractivity contribution in [2.75, 3.05) is 13.1 Å². The summed E-state index contributed by atoms with van der Waals surface area (Å²) in [5, 5.41) is 1.15. The Bertz CT molecular complexity index is 446. The Balaban J connectivity index is 2.30. The monoisotopic (exact) mass is 254 g/mol. The first kappa shape index (κ1) is 11.3. The van der Waals surface area contributed by atoms with E-state index < -0.39 is 0 Å². The minimum Gasteiger partial charge on any atom is -0.300 e. The fraction of sp³-hybridized carbons (Fsp3) is 0.200. The standard InChI is InChI=1S/C10H11ClN4S/c11-8-3-1-2-7(6-8)9-13-4-5-15(9)10(16)14-12/h1-3,6H,4-5,12H2,(H,14,16). The maximum Gasteiger partial charge on any atom is 0.189 e. The van der Waals surface area contributed by atoms with Gasteiger partial charge in [-0.1, -0.05) is 23.7 Å². The van der Waals surface area contributed by atoms with Crippen LogP contribution in [0.4, 0.5) is 0 Å². The number of halogens is 1. The summed E-state index contributed by atoms with van der Waals surface area (Å²) < 4.78 is 0. The van der Waals surface area contributed by atoms with Crippen molar-refractivity contribution in [1.29, 1.82) is 0 Å². The second-order valence-electron chi connectivity index (χ2n) is 3.32. The lowest BCUT2D eigenvalue weighted by Gasteiger charge is -2.20. The molecule has 1 aliphatic rings. The first-order valence-electron chi connectivity index (χ1n) is 4.81. The quantitative estimate of drug-likeness (QED) is 0.449. The van der Waals surface area contributed by atoms with Crippen molar-refractivity contribution in [2.45, 2.75) is 0 Å². The molecule has 0 spiro atoms. The Labute approximate surface area is 104 Å². The highest BCUT2D eigenvalue weighted by Gasteiger charge is 2.21. The smallest absolute Gasteiger partial charge is 0.189 e. The Hall–Kier alpha value is -1.17. The zero-order chi connectivity index (χ0) is 11.5. The van der Waals surface area contributed by atoms with Gasteiger partial charge in [-0.05, 0) is 24.4 Å². The van der Waals surface area contributed by atoms with Crippen LogP contribution in [0.1, 0.15) is 5.56 Å². The second kappa shape index (κ2) is 4.78. The van der Waals surface area contributed by atoms with Crippen molar-refractivity contribution in [1.82, 2.24) is 10.3 Å². The van der Waals surface area contributed by atoms with Gasteiger partial charge in [-0.15, -0.1) is 0 Å². The van der Waals surface area contributed by atoms with Crippen molar-refractivity contribution >= 4 is 34.8 Å². The summed E-state index contributed by atoms with van der Waals surface area (Å²) >= 11 is 11.0. The lowest BCUT2D eigenvalue weighted by Crippen LogP contribution is -2.45. The third-order valence-corrected chi connectivity index (χ3v) is 2.87. The molecule has 0 fully saturated rings. The third kappa shape index (κ3) is 2.16. The number of hydrogen-bond donors (Lipinski definition) is 2. The fourth-order valence-corrected chi connectivity index (χ4v) is 1.97. The highest BCUT2D eigenvalue weighted by atomic mass is 35.5. The molecule has 0 saturated carbocycles. The second-order valence-corrected chi connectivity index (χ2v) is 4.14. The molecule has 4 nitrogen and oxygen atoms in total. The molecule has 0 radical (unpaired) electrons. The van der Waals surface area contributed by atoms with E-state index in [4.69, 9.17) is 29.7 Å². The van der Waals surface area contributed by atoms with E-state index in [0.29, 0.717) is 16.7 Å². The summed E-state index contributed by atoms with van der Waals surface area (Å²) in [6.45, 7) is 1.45. The molecule has 16 heavy (non-hydrogen) atoms. The number of nitrogens with one attached hydrogen (secondary N) is 1. The van der Waals surface area contributed by atoms with Crippen LogP contribution in [-0.4, -0.2) is 28.9 Å². The summed E-state index contributed by atoms with van der Waals surface area (Å²) in [5.41, 5.74) is 3.41. The topological polar surface area (TPSA) is 53.6 Å². The molecule has 0 amide bonds. The van der Waals surface area contributed by atoms with Gasteiger partial charge < -0.3 is 10.3 Å². The van der Waals surface area contributed by atoms with E-state index in [1.165, 1.54) is 0 Å². The van der Waals surface area contributed by atoms with E-state index in [1.54, 1.807) is 0 Å². The first-order valence-corrected chi connectivity index (χ1v) is 5.59. The van der Waals surface area contributed by atoms with Gasteiger partial charge >= 0.3 is 0 Å². The molecule has 1 heterocycles. The van der Waals surface area contributed by atoms with Crippen molar-refractivity contribution in [3.8, 4) is 0 Å². The molecule has 0 aromatic heterocycles. The van der Waals surface area contributed by atoms with Gasteiger partial charge in [-0.3, -0.25) is 4.99 Å².